The number of hydrogen-bond donors (Lipinski definition) is 2. The SMILES string of the molecule is CCCNc1ccc(F)c(C(N)=O)c1. The molecular weight excluding hydrogens is 183 g/mol. The van der Waals surface area contributed by atoms with Crippen LogP contribution in [0.15, 0.2) is 18.2 Å². The second-order valence-electron chi connectivity index (χ2n) is 2.99. The van der Waals surface area contributed by atoms with Crippen LogP contribution in [0.1, 0.15) is 23.7 Å². The van der Waals surface area contributed by atoms with Crippen LogP contribution in [-0.2, 0) is 0 Å². The lowest BCUT2D eigenvalue weighted by molar-refractivity contribution is 0.0996. The number of amides is 1. The highest BCUT2D eigenvalue weighted by Crippen LogP contribution is 2.14. The first kappa shape index (κ1) is 10.5. The first-order valence-electron chi connectivity index (χ1n) is 4.48. The van der Waals surface area contributed by atoms with Gasteiger partial charge in [0.25, 0.3) is 5.91 Å². The van der Waals surface area contributed by atoms with Crippen LogP contribution in [0.2, 0.25) is 0 Å². The fraction of sp³-hybridized carbons (Fsp3) is 0.300. The maximum Gasteiger partial charge on any atom is 0.251 e. The zero-order valence-electron chi connectivity index (χ0n) is 8.01. The van der Waals surface area contributed by atoms with Gasteiger partial charge >= 0.3 is 0 Å². The molecule has 0 spiro atoms. The quantitative estimate of drug-likeness (QED) is 0.770. The fourth-order valence-electron chi connectivity index (χ4n) is 1.09. The molecule has 0 atom stereocenters. The highest BCUT2D eigenvalue weighted by Gasteiger charge is 2.08. The van der Waals surface area contributed by atoms with Crippen molar-refractivity contribution in [1.82, 2.24) is 0 Å². The summed E-state index contributed by atoms with van der Waals surface area (Å²) in [5, 5.41) is 3.04. The van der Waals surface area contributed by atoms with Crippen molar-refractivity contribution in [3.05, 3.63) is 29.6 Å². The molecule has 0 aromatic heterocycles. The standard InChI is InChI=1S/C10H13FN2O/c1-2-5-13-7-3-4-9(11)8(6-7)10(12)14/h3-4,6,13H,2,5H2,1H3,(H2,12,14). The Balaban J connectivity index is 2.89. The molecule has 0 unspecified atom stereocenters. The Morgan fingerprint density at radius 3 is 2.86 bits per heavy atom. The predicted molar refractivity (Wildman–Crippen MR) is 53.7 cm³/mol. The number of carbonyl (C=O) groups is 1. The second-order valence-corrected chi connectivity index (χ2v) is 2.99. The molecule has 1 amide bonds. The summed E-state index contributed by atoms with van der Waals surface area (Å²) in [6, 6.07) is 4.24. The van der Waals surface area contributed by atoms with Gasteiger partial charge in [0.1, 0.15) is 5.82 Å². The average Bonchev–Trinajstić information content (AvgIpc) is 2.16. The molecule has 0 fully saturated rings. The molecule has 4 heteroatoms. The van der Waals surface area contributed by atoms with Gasteiger partial charge in [0, 0.05) is 12.2 Å². The van der Waals surface area contributed by atoms with Gasteiger partial charge < -0.3 is 11.1 Å². The molecule has 0 radical (unpaired) electrons. The van der Waals surface area contributed by atoms with Gasteiger partial charge in [0.2, 0.25) is 0 Å². The third kappa shape index (κ3) is 2.45. The van der Waals surface area contributed by atoms with E-state index < -0.39 is 11.7 Å². The van der Waals surface area contributed by atoms with Crippen molar-refractivity contribution >= 4 is 11.6 Å². The Morgan fingerprint density at radius 1 is 1.57 bits per heavy atom. The molecule has 0 aliphatic heterocycles. The van der Waals surface area contributed by atoms with Crippen molar-refractivity contribution < 1.29 is 9.18 Å². The van der Waals surface area contributed by atoms with E-state index in [4.69, 9.17) is 5.73 Å². The van der Waals surface area contributed by atoms with Gasteiger partial charge in [-0.1, -0.05) is 6.92 Å². The van der Waals surface area contributed by atoms with Gasteiger partial charge in [-0.3, -0.25) is 4.79 Å². The minimum atomic E-state index is -0.748. The van der Waals surface area contributed by atoms with Gasteiger partial charge in [-0.05, 0) is 24.6 Å². The van der Waals surface area contributed by atoms with Crippen molar-refractivity contribution in [2.24, 2.45) is 5.73 Å². The third-order valence-electron chi connectivity index (χ3n) is 1.81. The zero-order chi connectivity index (χ0) is 10.6. The summed E-state index contributed by atoms with van der Waals surface area (Å²) in [7, 11) is 0. The van der Waals surface area contributed by atoms with Gasteiger partial charge in [-0.2, -0.15) is 0 Å². The number of rotatable bonds is 4. The molecule has 0 aliphatic carbocycles. The molecule has 0 heterocycles. The molecule has 0 saturated heterocycles. The van der Waals surface area contributed by atoms with Crippen LogP contribution >= 0.6 is 0 Å². The van der Waals surface area contributed by atoms with Crippen LogP contribution in [0.5, 0.6) is 0 Å². The lowest BCUT2D eigenvalue weighted by atomic mass is 10.2. The lowest BCUT2D eigenvalue weighted by Crippen LogP contribution is -2.13. The van der Waals surface area contributed by atoms with Gasteiger partial charge in [-0.25, -0.2) is 4.39 Å². The van der Waals surface area contributed by atoms with E-state index >= 15 is 0 Å². The molecule has 0 saturated carbocycles. The van der Waals surface area contributed by atoms with E-state index in [-0.39, 0.29) is 5.56 Å². The van der Waals surface area contributed by atoms with Crippen LogP contribution in [0.4, 0.5) is 10.1 Å². The molecule has 76 valence electrons. The normalized spacial score (nSPS) is 9.86. The summed E-state index contributed by atoms with van der Waals surface area (Å²) in [5.41, 5.74) is 5.64. The van der Waals surface area contributed by atoms with Crippen LogP contribution < -0.4 is 11.1 Å². The summed E-state index contributed by atoms with van der Waals surface area (Å²) < 4.78 is 13.0. The summed E-state index contributed by atoms with van der Waals surface area (Å²) in [5.74, 6) is -1.33. The van der Waals surface area contributed by atoms with E-state index in [9.17, 15) is 9.18 Å². The van der Waals surface area contributed by atoms with Crippen molar-refractivity contribution in [1.29, 1.82) is 0 Å². The van der Waals surface area contributed by atoms with E-state index in [0.717, 1.165) is 13.0 Å². The molecule has 3 N–H and O–H groups in total. The summed E-state index contributed by atoms with van der Waals surface area (Å²) in [6.07, 6.45) is 0.962. The highest BCUT2D eigenvalue weighted by atomic mass is 19.1. The fourth-order valence-corrected chi connectivity index (χ4v) is 1.09. The Hall–Kier alpha value is -1.58. The van der Waals surface area contributed by atoms with E-state index in [1.165, 1.54) is 12.1 Å². The van der Waals surface area contributed by atoms with Crippen molar-refractivity contribution in [2.75, 3.05) is 11.9 Å². The lowest BCUT2D eigenvalue weighted by Gasteiger charge is -2.06. The Kier molecular flexibility index (Phi) is 3.45. The monoisotopic (exact) mass is 196 g/mol. The molecule has 0 aliphatic rings. The Labute approximate surface area is 82.1 Å². The van der Waals surface area contributed by atoms with Gasteiger partial charge in [0.05, 0.1) is 5.56 Å². The molecule has 1 aromatic carbocycles. The third-order valence-corrected chi connectivity index (χ3v) is 1.81. The van der Waals surface area contributed by atoms with Crippen LogP contribution in [-0.4, -0.2) is 12.5 Å². The zero-order valence-corrected chi connectivity index (χ0v) is 8.01. The number of nitrogens with two attached hydrogens (primary N) is 1. The van der Waals surface area contributed by atoms with Gasteiger partial charge in [0.15, 0.2) is 0 Å². The van der Waals surface area contributed by atoms with E-state index in [1.54, 1.807) is 6.07 Å². The van der Waals surface area contributed by atoms with E-state index in [1.807, 2.05) is 6.92 Å². The predicted octanol–water partition coefficient (Wildman–Crippen LogP) is 1.75. The summed E-state index contributed by atoms with van der Waals surface area (Å²) in [6.45, 7) is 2.80. The van der Waals surface area contributed by atoms with Gasteiger partial charge in [-0.15, -0.1) is 0 Å². The number of hydrogen-bond acceptors (Lipinski definition) is 2. The first-order valence-corrected chi connectivity index (χ1v) is 4.48. The number of halogens is 1. The van der Waals surface area contributed by atoms with Crippen molar-refractivity contribution in [3.8, 4) is 0 Å². The largest absolute Gasteiger partial charge is 0.385 e. The molecular formula is C10H13FN2O. The van der Waals surface area contributed by atoms with Crippen molar-refractivity contribution in [3.63, 3.8) is 0 Å². The van der Waals surface area contributed by atoms with E-state index in [2.05, 4.69) is 5.32 Å². The smallest absolute Gasteiger partial charge is 0.251 e. The number of nitrogens with one attached hydrogen (secondary N) is 1. The number of carbonyl (C=O) groups excluding carboxylic acids is 1. The molecule has 1 aromatic rings. The molecule has 0 bridgehead atoms. The Bertz CT molecular complexity index is 339. The number of primary amides is 1. The molecule has 3 nitrogen and oxygen atoms in total. The molecule has 1 rings (SSSR count). The van der Waals surface area contributed by atoms with E-state index in [0.29, 0.717) is 5.69 Å². The summed E-state index contributed by atoms with van der Waals surface area (Å²) in [4.78, 5) is 10.8. The minimum absolute atomic E-state index is 0.0777. The maximum atomic E-state index is 13.0. The maximum absolute atomic E-state index is 13.0. The first-order chi connectivity index (χ1) is 6.65. The minimum Gasteiger partial charge on any atom is -0.385 e. The average molecular weight is 196 g/mol. The highest BCUT2D eigenvalue weighted by molar-refractivity contribution is 5.94. The van der Waals surface area contributed by atoms with Crippen molar-refractivity contribution in [2.45, 2.75) is 13.3 Å². The Morgan fingerprint density at radius 2 is 2.29 bits per heavy atom. The van der Waals surface area contributed by atoms with Crippen LogP contribution in [0, 0.1) is 5.82 Å². The topological polar surface area (TPSA) is 55.1 Å². The second kappa shape index (κ2) is 4.60. The van der Waals surface area contributed by atoms with Crippen LogP contribution in [0.25, 0.3) is 0 Å². The summed E-state index contributed by atoms with van der Waals surface area (Å²) >= 11 is 0. The molecule has 14 heavy (non-hydrogen) atoms. The van der Waals surface area contributed by atoms with Crippen LogP contribution in [0.3, 0.4) is 0 Å². The number of anilines is 1. The number of benzene rings is 1.